The van der Waals surface area contributed by atoms with Gasteiger partial charge in [0, 0.05) is 12.6 Å². The summed E-state index contributed by atoms with van der Waals surface area (Å²) < 4.78 is 10.7. The van der Waals surface area contributed by atoms with Gasteiger partial charge in [-0.2, -0.15) is 0 Å². The fourth-order valence-electron chi connectivity index (χ4n) is 2.74. The van der Waals surface area contributed by atoms with Crippen LogP contribution in [-0.2, 0) is 4.79 Å². The molecular weight excluding hydrogens is 324 g/mol. The summed E-state index contributed by atoms with van der Waals surface area (Å²) in [4.78, 5) is 22.5. The van der Waals surface area contributed by atoms with E-state index in [2.05, 4.69) is 11.4 Å². The van der Waals surface area contributed by atoms with E-state index in [-0.39, 0.29) is 17.3 Å². The van der Waals surface area contributed by atoms with Gasteiger partial charge >= 0.3 is 0 Å². The Morgan fingerprint density at radius 3 is 2.80 bits per heavy atom. The first kappa shape index (κ1) is 18.8. The van der Waals surface area contributed by atoms with E-state index in [9.17, 15) is 14.9 Å². The molecule has 1 aromatic rings. The number of nitrogens with one attached hydrogen (secondary N) is 1. The van der Waals surface area contributed by atoms with Crippen LogP contribution in [0.15, 0.2) is 29.8 Å². The SMILES string of the molecule is COc1ccc([N+](=O)[O-])cc1OC(C)C(=O)NCCC1=CCCCC1. The third-order valence-corrected chi connectivity index (χ3v) is 4.16. The van der Waals surface area contributed by atoms with E-state index in [1.54, 1.807) is 6.92 Å². The summed E-state index contributed by atoms with van der Waals surface area (Å²) in [6.07, 6.45) is 7.00. The van der Waals surface area contributed by atoms with Gasteiger partial charge in [-0.25, -0.2) is 0 Å². The van der Waals surface area contributed by atoms with Gasteiger partial charge in [0.1, 0.15) is 0 Å². The number of allylic oxidation sites excluding steroid dienone is 1. The van der Waals surface area contributed by atoms with Crippen LogP contribution in [0.5, 0.6) is 11.5 Å². The quantitative estimate of drug-likeness (QED) is 0.442. The molecule has 0 aromatic heterocycles. The number of rotatable bonds is 8. The summed E-state index contributed by atoms with van der Waals surface area (Å²) >= 11 is 0. The van der Waals surface area contributed by atoms with Crippen molar-refractivity contribution in [2.45, 2.75) is 45.1 Å². The fraction of sp³-hybridized carbons (Fsp3) is 0.500. The number of benzene rings is 1. The van der Waals surface area contributed by atoms with Gasteiger partial charge in [0.05, 0.1) is 18.1 Å². The molecule has 1 amide bonds. The molecule has 1 N–H and O–H groups in total. The van der Waals surface area contributed by atoms with Crippen LogP contribution in [0, 0.1) is 10.1 Å². The molecule has 2 rings (SSSR count). The number of nitro benzene ring substituents is 1. The van der Waals surface area contributed by atoms with Crippen molar-refractivity contribution in [3.05, 3.63) is 40.0 Å². The van der Waals surface area contributed by atoms with Gasteiger partial charge in [-0.3, -0.25) is 14.9 Å². The molecule has 0 aliphatic heterocycles. The van der Waals surface area contributed by atoms with Crippen molar-refractivity contribution in [1.82, 2.24) is 5.32 Å². The molecule has 25 heavy (non-hydrogen) atoms. The van der Waals surface area contributed by atoms with Crippen LogP contribution in [0.4, 0.5) is 5.69 Å². The van der Waals surface area contributed by atoms with E-state index in [0.29, 0.717) is 12.3 Å². The summed E-state index contributed by atoms with van der Waals surface area (Å²) in [7, 11) is 1.44. The highest BCUT2D eigenvalue weighted by atomic mass is 16.6. The predicted octanol–water partition coefficient (Wildman–Crippen LogP) is 3.38. The van der Waals surface area contributed by atoms with E-state index in [1.165, 1.54) is 43.7 Å². The van der Waals surface area contributed by atoms with Crippen LogP contribution >= 0.6 is 0 Å². The normalized spacial score (nSPS) is 15.0. The van der Waals surface area contributed by atoms with Crippen LogP contribution < -0.4 is 14.8 Å². The molecule has 1 atom stereocenters. The maximum atomic E-state index is 12.2. The molecule has 1 unspecified atom stereocenters. The monoisotopic (exact) mass is 348 g/mol. The van der Waals surface area contributed by atoms with Crippen molar-refractivity contribution in [2.24, 2.45) is 0 Å². The minimum Gasteiger partial charge on any atom is -0.493 e. The van der Waals surface area contributed by atoms with E-state index >= 15 is 0 Å². The van der Waals surface area contributed by atoms with Crippen LogP contribution in [0.2, 0.25) is 0 Å². The van der Waals surface area contributed by atoms with Crippen LogP contribution in [-0.4, -0.2) is 30.6 Å². The fourth-order valence-corrected chi connectivity index (χ4v) is 2.74. The molecule has 0 spiro atoms. The lowest BCUT2D eigenvalue weighted by molar-refractivity contribution is -0.385. The lowest BCUT2D eigenvalue weighted by Gasteiger charge is -2.17. The number of amides is 1. The van der Waals surface area contributed by atoms with Crippen molar-refractivity contribution in [3.8, 4) is 11.5 Å². The Morgan fingerprint density at radius 1 is 1.36 bits per heavy atom. The lowest BCUT2D eigenvalue weighted by Crippen LogP contribution is -2.37. The minimum atomic E-state index is -0.781. The number of carbonyl (C=O) groups is 1. The van der Waals surface area contributed by atoms with E-state index < -0.39 is 11.0 Å². The van der Waals surface area contributed by atoms with Gasteiger partial charge in [0.15, 0.2) is 17.6 Å². The molecule has 0 heterocycles. The summed E-state index contributed by atoms with van der Waals surface area (Å²) in [5, 5.41) is 13.7. The van der Waals surface area contributed by atoms with Gasteiger partial charge in [0.2, 0.25) is 0 Å². The Kier molecular flexibility index (Phi) is 6.80. The average molecular weight is 348 g/mol. The first-order valence-corrected chi connectivity index (χ1v) is 8.46. The highest BCUT2D eigenvalue weighted by Gasteiger charge is 2.19. The van der Waals surface area contributed by atoms with Crippen molar-refractivity contribution in [1.29, 1.82) is 0 Å². The van der Waals surface area contributed by atoms with Crippen molar-refractivity contribution in [3.63, 3.8) is 0 Å². The molecule has 1 aliphatic rings. The first-order valence-electron chi connectivity index (χ1n) is 8.46. The zero-order valence-electron chi connectivity index (χ0n) is 14.6. The molecule has 1 aliphatic carbocycles. The van der Waals surface area contributed by atoms with Gasteiger partial charge < -0.3 is 14.8 Å². The highest BCUT2D eigenvalue weighted by Crippen LogP contribution is 2.31. The Labute approximate surface area is 147 Å². The second-order valence-corrected chi connectivity index (χ2v) is 6.00. The maximum absolute atomic E-state index is 12.2. The zero-order chi connectivity index (χ0) is 18.2. The molecule has 136 valence electrons. The third kappa shape index (κ3) is 5.48. The Morgan fingerprint density at radius 2 is 2.16 bits per heavy atom. The maximum Gasteiger partial charge on any atom is 0.273 e. The first-order chi connectivity index (χ1) is 12.0. The number of methoxy groups -OCH3 is 1. The van der Waals surface area contributed by atoms with E-state index in [1.807, 2.05) is 0 Å². The Balaban J connectivity index is 1.90. The molecule has 0 radical (unpaired) electrons. The minimum absolute atomic E-state index is 0.118. The second-order valence-electron chi connectivity index (χ2n) is 6.00. The Hall–Kier alpha value is -2.57. The number of non-ortho nitro benzene ring substituents is 1. The number of nitrogens with zero attached hydrogens (tertiary/aromatic N) is 1. The largest absolute Gasteiger partial charge is 0.493 e. The molecular formula is C18H24N2O5. The van der Waals surface area contributed by atoms with Crippen LogP contribution in [0.3, 0.4) is 0 Å². The topological polar surface area (TPSA) is 90.7 Å². The summed E-state index contributed by atoms with van der Waals surface area (Å²) in [6.45, 7) is 2.16. The standard InChI is InChI=1S/C18H24N2O5/c1-13(18(21)19-11-10-14-6-4-3-5-7-14)25-17-12-15(20(22)23)8-9-16(17)24-2/h6,8-9,12-13H,3-5,7,10-11H2,1-2H3,(H,19,21). The second kappa shape index (κ2) is 9.05. The van der Waals surface area contributed by atoms with Crippen molar-refractivity contribution >= 4 is 11.6 Å². The molecule has 0 fully saturated rings. The number of hydrogen-bond donors (Lipinski definition) is 1. The summed E-state index contributed by atoms with van der Waals surface area (Å²) in [6, 6.07) is 4.04. The van der Waals surface area contributed by atoms with Gasteiger partial charge in [-0.15, -0.1) is 0 Å². The highest BCUT2D eigenvalue weighted by molar-refractivity contribution is 5.80. The molecule has 1 aromatic carbocycles. The smallest absolute Gasteiger partial charge is 0.273 e. The average Bonchev–Trinajstić information content (AvgIpc) is 2.62. The van der Waals surface area contributed by atoms with Crippen LogP contribution in [0.1, 0.15) is 39.0 Å². The lowest BCUT2D eigenvalue weighted by atomic mass is 9.97. The van der Waals surface area contributed by atoms with Gasteiger partial charge in [-0.05, 0) is 45.1 Å². The van der Waals surface area contributed by atoms with E-state index in [4.69, 9.17) is 9.47 Å². The Bertz CT molecular complexity index is 657. The summed E-state index contributed by atoms with van der Waals surface area (Å²) in [5.41, 5.74) is 1.27. The molecule has 0 saturated heterocycles. The molecule has 0 bridgehead atoms. The van der Waals surface area contributed by atoms with Crippen LogP contribution in [0.25, 0.3) is 0 Å². The number of ether oxygens (including phenoxy) is 2. The number of nitro groups is 1. The summed E-state index contributed by atoms with van der Waals surface area (Å²) in [5.74, 6) is 0.261. The van der Waals surface area contributed by atoms with Crippen molar-refractivity contribution in [2.75, 3.05) is 13.7 Å². The predicted molar refractivity (Wildman–Crippen MR) is 93.9 cm³/mol. The third-order valence-electron chi connectivity index (χ3n) is 4.16. The zero-order valence-corrected chi connectivity index (χ0v) is 14.6. The molecule has 7 heteroatoms. The number of carbonyl (C=O) groups excluding carboxylic acids is 1. The molecule has 0 saturated carbocycles. The van der Waals surface area contributed by atoms with E-state index in [0.717, 1.165) is 19.3 Å². The molecule has 7 nitrogen and oxygen atoms in total. The van der Waals surface area contributed by atoms with Gasteiger partial charge in [0.25, 0.3) is 11.6 Å². The van der Waals surface area contributed by atoms with Crippen molar-refractivity contribution < 1.29 is 19.2 Å². The number of hydrogen-bond acceptors (Lipinski definition) is 5. The van der Waals surface area contributed by atoms with Gasteiger partial charge in [-0.1, -0.05) is 11.6 Å².